The number of hydrogen-bond acceptors (Lipinski definition) is 1. The maximum atomic E-state index is 13.4. The zero-order valence-electron chi connectivity index (χ0n) is 8.52. The Bertz CT molecular complexity index is 492. The molecular formula is C11H11FN2O. The fraction of sp³-hybridized carbons (Fsp3) is 0.182. The van der Waals surface area contributed by atoms with E-state index >= 15 is 0 Å². The highest BCUT2D eigenvalue weighted by atomic mass is 19.1. The molecule has 0 radical (unpaired) electrons. The Kier molecular flexibility index (Phi) is 2.19. The third-order valence-corrected chi connectivity index (χ3v) is 2.42. The Balaban J connectivity index is 2.70. The average molecular weight is 206 g/mol. The minimum atomic E-state index is -0.318. The van der Waals surface area contributed by atoms with Gasteiger partial charge in [0.05, 0.1) is 5.52 Å². The molecule has 0 bridgehead atoms. The van der Waals surface area contributed by atoms with E-state index in [1.54, 1.807) is 6.07 Å². The molecule has 2 aromatic rings. The molecule has 1 aromatic heterocycles. The highest BCUT2D eigenvalue weighted by molar-refractivity contribution is 5.98. The molecule has 78 valence electrons. The van der Waals surface area contributed by atoms with Crippen LogP contribution in [0.1, 0.15) is 16.1 Å². The standard InChI is InChI=1S/C11H11FN2O/c1-6-3-4-8(12)7-5-9(11(15)13-2)14-10(6)7/h3-5,14H,1-2H3,(H,13,15). The van der Waals surface area contributed by atoms with Gasteiger partial charge in [-0.1, -0.05) is 6.07 Å². The van der Waals surface area contributed by atoms with Gasteiger partial charge >= 0.3 is 0 Å². The second kappa shape index (κ2) is 3.38. The Morgan fingerprint density at radius 3 is 2.80 bits per heavy atom. The third-order valence-electron chi connectivity index (χ3n) is 2.42. The van der Waals surface area contributed by atoms with Crippen LogP contribution in [0.15, 0.2) is 18.2 Å². The number of aromatic nitrogens is 1. The molecule has 0 aliphatic heterocycles. The summed E-state index contributed by atoms with van der Waals surface area (Å²) in [6.07, 6.45) is 0. The molecule has 0 saturated carbocycles. The maximum Gasteiger partial charge on any atom is 0.267 e. The lowest BCUT2D eigenvalue weighted by molar-refractivity contribution is 0.0959. The van der Waals surface area contributed by atoms with Crippen molar-refractivity contribution in [2.75, 3.05) is 7.05 Å². The minimum Gasteiger partial charge on any atom is -0.354 e. The number of amides is 1. The first-order valence-electron chi connectivity index (χ1n) is 4.63. The number of carbonyl (C=O) groups is 1. The van der Waals surface area contributed by atoms with Crippen molar-refractivity contribution in [1.29, 1.82) is 0 Å². The topological polar surface area (TPSA) is 44.9 Å². The van der Waals surface area contributed by atoms with Crippen LogP contribution in [0, 0.1) is 12.7 Å². The summed E-state index contributed by atoms with van der Waals surface area (Å²) in [5, 5.41) is 2.94. The smallest absolute Gasteiger partial charge is 0.267 e. The number of halogens is 1. The first-order chi connectivity index (χ1) is 7.13. The second-order valence-electron chi connectivity index (χ2n) is 3.42. The van der Waals surface area contributed by atoms with Crippen LogP contribution >= 0.6 is 0 Å². The largest absolute Gasteiger partial charge is 0.354 e. The normalized spacial score (nSPS) is 10.6. The van der Waals surface area contributed by atoms with Gasteiger partial charge < -0.3 is 10.3 Å². The molecule has 0 fully saturated rings. The number of fused-ring (bicyclic) bond motifs is 1. The molecule has 15 heavy (non-hydrogen) atoms. The summed E-state index contributed by atoms with van der Waals surface area (Å²) >= 11 is 0. The van der Waals surface area contributed by atoms with Crippen LogP contribution in [-0.2, 0) is 0 Å². The van der Waals surface area contributed by atoms with E-state index in [9.17, 15) is 9.18 Å². The summed E-state index contributed by atoms with van der Waals surface area (Å²) in [6, 6.07) is 4.61. The van der Waals surface area contributed by atoms with E-state index in [-0.39, 0.29) is 11.7 Å². The predicted octanol–water partition coefficient (Wildman–Crippen LogP) is 1.98. The molecule has 1 amide bonds. The van der Waals surface area contributed by atoms with Gasteiger partial charge in [0.15, 0.2) is 0 Å². The first kappa shape index (κ1) is 9.71. The maximum absolute atomic E-state index is 13.4. The summed E-state index contributed by atoms with van der Waals surface area (Å²) in [5.41, 5.74) is 1.97. The number of H-pyrrole nitrogens is 1. The first-order valence-corrected chi connectivity index (χ1v) is 4.63. The van der Waals surface area contributed by atoms with Crippen LogP contribution in [0.25, 0.3) is 10.9 Å². The summed E-state index contributed by atoms with van der Waals surface area (Å²) in [7, 11) is 1.54. The van der Waals surface area contributed by atoms with Gasteiger partial charge in [0.2, 0.25) is 0 Å². The molecule has 2 N–H and O–H groups in total. The van der Waals surface area contributed by atoms with Crippen LogP contribution < -0.4 is 5.32 Å². The van der Waals surface area contributed by atoms with Crippen molar-refractivity contribution >= 4 is 16.8 Å². The fourth-order valence-corrected chi connectivity index (χ4v) is 1.58. The van der Waals surface area contributed by atoms with Gasteiger partial charge in [0.25, 0.3) is 5.91 Å². The van der Waals surface area contributed by atoms with Crippen molar-refractivity contribution in [3.8, 4) is 0 Å². The number of nitrogens with one attached hydrogen (secondary N) is 2. The van der Waals surface area contributed by atoms with Crippen molar-refractivity contribution in [3.05, 3.63) is 35.3 Å². The zero-order valence-corrected chi connectivity index (χ0v) is 8.52. The van der Waals surface area contributed by atoms with Gasteiger partial charge in [0.1, 0.15) is 11.5 Å². The molecule has 0 aliphatic carbocycles. The molecular weight excluding hydrogens is 195 g/mol. The molecule has 3 nitrogen and oxygen atoms in total. The highest BCUT2D eigenvalue weighted by Gasteiger charge is 2.11. The number of aromatic amines is 1. The molecule has 0 saturated heterocycles. The number of rotatable bonds is 1. The molecule has 4 heteroatoms. The van der Waals surface area contributed by atoms with Gasteiger partial charge in [-0.25, -0.2) is 4.39 Å². The van der Waals surface area contributed by atoms with Crippen molar-refractivity contribution in [2.45, 2.75) is 6.92 Å². The Morgan fingerprint density at radius 1 is 1.47 bits per heavy atom. The molecule has 2 rings (SSSR count). The number of benzene rings is 1. The Labute approximate surface area is 86.3 Å². The number of aryl methyl sites for hydroxylation is 1. The van der Waals surface area contributed by atoms with E-state index in [4.69, 9.17) is 0 Å². The summed E-state index contributed by atoms with van der Waals surface area (Å²) in [5.74, 6) is -0.563. The van der Waals surface area contributed by atoms with Gasteiger partial charge in [-0.15, -0.1) is 0 Å². The monoisotopic (exact) mass is 206 g/mol. The minimum absolute atomic E-state index is 0.245. The van der Waals surface area contributed by atoms with Crippen molar-refractivity contribution in [3.63, 3.8) is 0 Å². The van der Waals surface area contributed by atoms with E-state index in [1.807, 2.05) is 6.92 Å². The zero-order chi connectivity index (χ0) is 11.0. The molecule has 1 heterocycles. The molecule has 0 aliphatic rings. The van der Waals surface area contributed by atoms with Gasteiger partial charge in [-0.05, 0) is 24.6 Å². The van der Waals surface area contributed by atoms with Gasteiger partial charge in [-0.2, -0.15) is 0 Å². The second-order valence-corrected chi connectivity index (χ2v) is 3.42. The summed E-state index contributed by atoms with van der Waals surface area (Å²) in [6.45, 7) is 1.87. The molecule has 0 atom stereocenters. The van der Waals surface area contributed by atoms with E-state index in [0.29, 0.717) is 16.6 Å². The summed E-state index contributed by atoms with van der Waals surface area (Å²) in [4.78, 5) is 14.2. The van der Waals surface area contributed by atoms with Crippen LogP contribution in [-0.4, -0.2) is 17.9 Å². The van der Waals surface area contributed by atoms with E-state index < -0.39 is 0 Å². The van der Waals surface area contributed by atoms with Crippen molar-refractivity contribution in [1.82, 2.24) is 10.3 Å². The lowest BCUT2D eigenvalue weighted by atomic mass is 10.1. The lowest BCUT2D eigenvalue weighted by Crippen LogP contribution is -2.17. The third kappa shape index (κ3) is 1.48. The summed E-state index contributed by atoms with van der Waals surface area (Å²) < 4.78 is 13.4. The van der Waals surface area contributed by atoms with Crippen LogP contribution in [0.4, 0.5) is 4.39 Å². The highest BCUT2D eigenvalue weighted by Crippen LogP contribution is 2.22. The van der Waals surface area contributed by atoms with Crippen LogP contribution in [0.3, 0.4) is 0 Å². The molecule has 0 unspecified atom stereocenters. The average Bonchev–Trinajstić information content (AvgIpc) is 2.68. The Morgan fingerprint density at radius 2 is 2.20 bits per heavy atom. The SMILES string of the molecule is CNC(=O)c1cc2c(F)ccc(C)c2[nH]1. The van der Waals surface area contributed by atoms with E-state index in [0.717, 1.165) is 5.56 Å². The van der Waals surface area contributed by atoms with E-state index in [2.05, 4.69) is 10.3 Å². The lowest BCUT2D eigenvalue weighted by Gasteiger charge is -1.96. The number of carbonyl (C=O) groups excluding carboxylic acids is 1. The molecule has 0 spiro atoms. The van der Waals surface area contributed by atoms with Crippen LogP contribution in [0.5, 0.6) is 0 Å². The van der Waals surface area contributed by atoms with Crippen molar-refractivity contribution in [2.24, 2.45) is 0 Å². The van der Waals surface area contributed by atoms with E-state index in [1.165, 1.54) is 19.2 Å². The predicted molar refractivity (Wildman–Crippen MR) is 56.4 cm³/mol. The van der Waals surface area contributed by atoms with Crippen LogP contribution in [0.2, 0.25) is 0 Å². The van der Waals surface area contributed by atoms with Gasteiger partial charge in [0, 0.05) is 12.4 Å². The quantitative estimate of drug-likeness (QED) is 0.736. The number of hydrogen-bond donors (Lipinski definition) is 2. The Hall–Kier alpha value is -1.84. The van der Waals surface area contributed by atoms with Gasteiger partial charge in [-0.3, -0.25) is 4.79 Å². The fourth-order valence-electron chi connectivity index (χ4n) is 1.58. The molecule has 1 aromatic carbocycles. The van der Waals surface area contributed by atoms with Crippen molar-refractivity contribution < 1.29 is 9.18 Å².